The topological polar surface area (TPSA) is 71.5 Å². The van der Waals surface area contributed by atoms with Crippen LogP contribution in [0.5, 0.6) is 5.75 Å². The van der Waals surface area contributed by atoms with E-state index in [-0.39, 0.29) is 10.2 Å². The summed E-state index contributed by atoms with van der Waals surface area (Å²) < 4.78 is 6.05. The van der Waals surface area contributed by atoms with E-state index in [1.54, 1.807) is 18.2 Å². The molecule has 0 atom stereocenters. The molecule has 8 heteroatoms. The SMILES string of the molecule is O=C(NN1C(=O)/C(=C/c2ccc(OCc3ccccc3)cc2)SC1=S)c1ccncc1. The van der Waals surface area contributed by atoms with Gasteiger partial charge in [-0.25, -0.2) is 0 Å². The van der Waals surface area contributed by atoms with E-state index in [9.17, 15) is 9.59 Å². The Morgan fingerprint density at radius 3 is 2.48 bits per heavy atom. The van der Waals surface area contributed by atoms with Crippen LogP contribution in [0.2, 0.25) is 0 Å². The number of hydrazine groups is 1. The zero-order valence-electron chi connectivity index (χ0n) is 16.2. The highest BCUT2D eigenvalue weighted by atomic mass is 32.2. The molecule has 1 aliphatic rings. The lowest BCUT2D eigenvalue weighted by molar-refractivity contribution is -0.123. The van der Waals surface area contributed by atoms with Crippen molar-refractivity contribution < 1.29 is 14.3 Å². The Balaban J connectivity index is 1.40. The molecular formula is C23H17N3O3S2. The smallest absolute Gasteiger partial charge is 0.285 e. The number of carbonyl (C=O) groups excluding carboxylic acids is 2. The Kier molecular flexibility index (Phi) is 6.40. The highest BCUT2D eigenvalue weighted by Gasteiger charge is 2.33. The third-order valence-electron chi connectivity index (χ3n) is 4.38. The summed E-state index contributed by atoms with van der Waals surface area (Å²) in [5, 5.41) is 1.09. The number of thiocarbonyl (C=S) groups is 1. The Morgan fingerprint density at radius 2 is 1.77 bits per heavy atom. The number of carbonyl (C=O) groups is 2. The second-order valence-corrected chi connectivity index (χ2v) is 8.21. The molecule has 0 spiro atoms. The predicted octanol–water partition coefficient (Wildman–Crippen LogP) is 4.21. The van der Waals surface area contributed by atoms with E-state index in [1.807, 2.05) is 54.6 Å². The fraction of sp³-hybridized carbons (Fsp3) is 0.0435. The molecule has 2 amide bonds. The number of ether oxygens (including phenoxy) is 1. The van der Waals surface area contributed by atoms with Gasteiger partial charge in [-0.3, -0.25) is 20.0 Å². The van der Waals surface area contributed by atoms with Crippen LogP contribution in [-0.2, 0) is 11.4 Å². The second-order valence-electron chi connectivity index (χ2n) is 6.54. The van der Waals surface area contributed by atoms with E-state index in [4.69, 9.17) is 17.0 Å². The normalized spacial score (nSPS) is 14.7. The first kappa shape index (κ1) is 20.8. The van der Waals surface area contributed by atoms with Crippen LogP contribution in [0.1, 0.15) is 21.5 Å². The second kappa shape index (κ2) is 9.55. The molecule has 1 aromatic heterocycles. The van der Waals surface area contributed by atoms with Gasteiger partial charge < -0.3 is 4.74 Å². The van der Waals surface area contributed by atoms with Crippen LogP contribution in [0, 0.1) is 0 Å². The summed E-state index contributed by atoms with van der Waals surface area (Å²) in [6.45, 7) is 0.482. The molecule has 0 aliphatic carbocycles. The monoisotopic (exact) mass is 447 g/mol. The van der Waals surface area contributed by atoms with Gasteiger partial charge in [-0.05, 0) is 53.7 Å². The predicted molar refractivity (Wildman–Crippen MR) is 124 cm³/mol. The average molecular weight is 448 g/mol. The number of nitrogens with zero attached hydrogens (tertiary/aromatic N) is 2. The molecule has 6 nitrogen and oxygen atoms in total. The molecule has 0 radical (unpaired) electrons. The molecule has 2 aromatic carbocycles. The summed E-state index contributed by atoms with van der Waals surface area (Å²) in [5.41, 5.74) is 4.85. The quantitative estimate of drug-likeness (QED) is 0.451. The molecule has 1 fully saturated rings. The number of benzene rings is 2. The summed E-state index contributed by atoms with van der Waals surface area (Å²) in [6, 6.07) is 20.5. The average Bonchev–Trinajstić information content (AvgIpc) is 3.07. The van der Waals surface area contributed by atoms with Crippen LogP contribution in [-0.4, -0.2) is 26.1 Å². The van der Waals surface area contributed by atoms with E-state index in [0.29, 0.717) is 17.1 Å². The number of aromatic nitrogens is 1. The number of rotatable bonds is 6. The molecule has 0 bridgehead atoms. The van der Waals surface area contributed by atoms with Crippen LogP contribution < -0.4 is 10.2 Å². The Labute approximate surface area is 188 Å². The van der Waals surface area contributed by atoms with Gasteiger partial charge in [0.2, 0.25) is 0 Å². The third-order valence-corrected chi connectivity index (χ3v) is 5.68. The van der Waals surface area contributed by atoms with Crippen molar-refractivity contribution in [3.05, 3.63) is 101 Å². The first-order valence-electron chi connectivity index (χ1n) is 9.36. The van der Waals surface area contributed by atoms with Crippen molar-refractivity contribution in [2.24, 2.45) is 0 Å². The highest BCUT2D eigenvalue weighted by Crippen LogP contribution is 2.31. The number of hydrogen-bond donors (Lipinski definition) is 1. The Morgan fingerprint density at radius 1 is 1.06 bits per heavy atom. The van der Waals surface area contributed by atoms with Gasteiger partial charge in [-0.2, -0.15) is 5.01 Å². The largest absolute Gasteiger partial charge is 0.489 e. The van der Waals surface area contributed by atoms with Gasteiger partial charge in [0, 0.05) is 18.0 Å². The minimum atomic E-state index is -0.431. The molecule has 2 heterocycles. The lowest BCUT2D eigenvalue weighted by Gasteiger charge is -2.15. The van der Waals surface area contributed by atoms with E-state index < -0.39 is 5.91 Å². The lowest BCUT2D eigenvalue weighted by atomic mass is 10.2. The maximum Gasteiger partial charge on any atom is 0.285 e. The maximum absolute atomic E-state index is 12.7. The number of amides is 2. The maximum atomic E-state index is 12.7. The number of thioether (sulfide) groups is 1. The van der Waals surface area contributed by atoms with Gasteiger partial charge in [0.15, 0.2) is 4.32 Å². The van der Waals surface area contributed by atoms with Crippen molar-refractivity contribution in [2.45, 2.75) is 6.61 Å². The van der Waals surface area contributed by atoms with Crippen LogP contribution >= 0.6 is 24.0 Å². The first-order valence-corrected chi connectivity index (χ1v) is 10.6. The lowest BCUT2D eigenvalue weighted by Crippen LogP contribution is -2.44. The van der Waals surface area contributed by atoms with Gasteiger partial charge in [-0.15, -0.1) is 0 Å². The van der Waals surface area contributed by atoms with Crippen molar-refractivity contribution in [3.63, 3.8) is 0 Å². The van der Waals surface area contributed by atoms with Crippen molar-refractivity contribution in [1.29, 1.82) is 0 Å². The van der Waals surface area contributed by atoms with Gasteiger partial charge in [-0.1, -0.05) is 54.2 Å². The van der Waals surface area contributed by atoms with Crippen molar-refractivity contribution in [2.75, 3.05) is 0 Å². The molecule has 0 unspecified atom stereocenters. The van der Waals surface area contributed by atoms with Crippen LogP contribution in [0.4, 0.5) is 0 Å². The summed E-state index contributed by atoms with van der Waals surface area (Å²) in [7, 11) is 0. The zero-order valence-corrected chi connectivity index (χ0v) is 17.9. The minimum Gasteiger partial charge on any atom is -0.489 e. The molecular weight excluding hydrogens is 430 g/mol. The van der Waals surface area contributed by atoms with Crippen LogP contribution in [0.3, 0.4) is 0 Å². The van der Waals surface area contributed by atoms with E-state index in [2.05, 4.69) is 10.4 Å². The number of hydrogen-bond acceptors (Lipinski definition) is 6. The fourth-order valence-electron chi connectivity index (χ4n) is 2.79. The van der Waals surface area contributed by atoms with Crippen molar-refractivity contribution in [3.8, 4) is 5.75 Å². The molecule has 0 saturated carbocycles. The molecule has 3 aromatic rings. The van der Waals surface area contributed by atoms with Crippen molar-refractivity contribution >= 4 is 46.2 Å². The number of pyridine rings is 1. The third kappa shape index (κ3) is 5.17. The Hall–Kier alpha value is -3.49. The van der Waals surface area contributed by atoms with E-state index in [0.717, 1.165) is 33.6 Å². The van der Waals surface area contributed by atoms with Gasteiger partial charge >= 0.3 is 0 Å². The summed E-state index contributed by atoms with van der Waals surface area (Å²) in [5.74, 6) is -0.0696. The molecule has 1 N–H and O–H groups in total. The zero-order chi connectivity index (χ0) is 21.6. The molecule has 1 aliphatic heterocycles. The highest BCUT2D eigenvalue weighted by molar-refractivity contribution is 8.26. The van der Waals surface area contributed by atoms with Crippen LogP contribution in [0.15, 0.2) is 84.0 Å². The number of nitrogens with one attached hydrogen (secondary N) is 1. The first-order chi connectivity index (χ1) is 15.1. The van der Waals surface area contributed by atoms with Crippen molar-refractivity contribution in [1.82, 2.24) is 15.4 Å². The van der Waals surface area contributed by atoms with Gasteiger partial charge in [0.05, 0.1) is 4.91 Å². The summed E-state index contributed by atoms with van der Waals surface area (Å²) in [4.78, 5) is 29.3. The molecule has 1 saturated heterocycles. The van der Waals surface area contributed by atoms with E-state index >= 15 is 0 Å². The van der Waals surface area contributed by atoms with E-state index in [1.165, 1.54) is 12.4 Å². The fourth-order valence-corrected chi connectivity index (χ4v) is 3.97. The standard InChI is InChI=1S/C23H17N3O3S2/c27-21(18-10-12-24-13-11-18)25-26-22(28)20(31-23(26)30)14-16-6-8-19(9-7-16)29-15-17-4-2-1-3-5-17/h1-14H,15H2,(H,25,27)/b20-14-. The molecule has 154 valence electrons. The minimum absolute atomic E-state index is 0.265. The molecule has 4 rings (SSSR count). The van der Waals surface area contributed by atoms with Gasteiger partial charge in [0.25, 0.3) is 11.8 Å². The molecule has 31 heavy (non-hydrogen) atoms. The summed E-state index contributed by atoms with van der Waals surface area (Å²) in [6.07, 6.45) is 4.75. The summed E-state index contributed by atoms with van der Waals surface area (Å²) >= 11 is 6.40. The van der Waals surface area contributed by atoms with Gasteiger partial charge in [0.1, 0.15) is 12.4 Å². The Bertz CT molecular complexity index is 1130. The van der Waals surface area contributed by atoms with Crippen LogP contribution in [0.25, 0.3) is 6.08 Å².